The molecule has 0 fully saturated rings. The average Bonchev–Trinajstić information content (AvgIpc) is 2.30. The number of hydrogen-bond acceptors (Lipinski definition) is 3. The van der Waals surface area contributed by atoms with E-state index in [4.69, 9.17) is 29.7 Å². The molecule has 0 saturated heterocycles. The minimum absolute atomic E-state index is 0.833. The molecule has 3 radical (unpaired) electrons. The van der Waals surface area contributed by atoms with E-state index in [1.807, 2.05) is 0 Å². The van der Waals surface area contributed by atoms with Crippen LogP contribution in [0.15, 0.2) is 22.7 Å². The standard InChI is InChI=1S/C8H8Br.3C2H4O2.Pb/c1-2-7-4-3-5-8(9)6-7;3*1-2(3)4;/h3,5-6H,2H2,1H3;3*1H3,(H,3,4);. The van der Waals surface area contributed by atoms with E-state index in [1.165, 1.54) is 13.2 Å². The van der Waals surface area contributed by atoms with Gasteiger partial charge >= 0.3 is 86.4 Å². The van der Waals surface area contributed by atoms with Gasteiger partial charge in [-0.3, -0.25) is 14.4 Å². The molecule has 22 heavy (non-hydrogen) atoms. The van der Waals surface area contributed by atoms with Gasteiger partial charge in [-0.05, 0) is 0 Å². The van der Waals surface area contributed by atoms with Crippen LogP contribution in [0.1, 0.15) is 33.3 Å². The summed E-state index contributed by atoms with van der Waals surface area (Å²) >= 11 is 4.61. The summed E-state index contributed by atoms with van der Waals surface area (Å²) in [5.74, 6) is -2.50. The molecule has 3 N–H and O–H groups in total. The number of hydrogen-bond donors (Lipinski definition) is 3. The molecule has 0 amide bonds. The molecule has 8 heteroatoms. The summed E-state index contributed by atoms with van der Waals surface area (Å²) in [5, 5.41) is 22.2. The van der Waals surface area contributed by atoms with Crippen molar-refractivity contribution in [1.82, 2.24) is 0 Å². The Hall–Kier alpha value is -0.968. The molecule has 1 rings (SSSR count). The molecule has 0 unspecified atom stereocenters. The van der Waals surface area contributed by atoms with Crippen molar-refractivity contribution >= 4 is 62.7 Å². The number of carboxylic acid groups (broad SMARTS) is 3. The third-order valence-electron chi connectivity index (χ3n) is 1.45. The summed E-state index contributed by atoms with van der Waals surface area (Å²) < 4.78 is 2.72. The van der Waals surface area contributed by atoms with Crippen molar-refractivity contribution in [2.75, 3.05) is 0 Å². The molecular weight excluding hydrogens is 551 g/mol. The van der Waals surface area contributed by atoms with Gasteiger partial charge in [-0.15, -0.1) is 0 Å². The van der Waals surface area contributed by atoms with Crippen LogP contribution in [-0.4, -0.2) is 59.0 Å². The zero-order chi connectivity index (χ0) is 18.3. The van der Waals surface area contributed by atoms with Gasteiger partial charge in [0, 0.05) is 20.8 Å². The first kappa shape index (κ1) is 26.0. The molecule has 0 aromatic heterocycles. The number of rotatable bonds is 1. The number of halogens is 1. The van der Waals surface area contributed by atoms with Gasteiger partial charge in [0.2, 0.25) is 0 Å². The van der Waals surface area contributed by atoms with Crippen LogP contribution in [0.3, 0.4) is 0 Å². The van der Waals surface area contributed by atoms with Crippen LogP contribution in [0.2, 0.25) is 0 Å². The Kier molecular flexibility index (Phi) is 19.4. The summed E-state index contributed by atoms with van der Waals surface area (Å²) in [7, 11) is 0. The first-order valence-corrected chi connectivity index (χ1v) is 8.76. The van der Waals surface area contributed by atoms with Crippen molar-refractivity contribution in [3.63, 3.8) is 0 Å². The fourth-order valence-electron chi connectivity index (χ4n) is 0.855. The van der Waals surface area contributed by atoms with Crippen LogP contribution in [0.5, 0.6) is 0 Å². The van der Waals surface area contributed by atoms with Gasteiger partial charge in [-0.2, -0.15) is 0 Å². The van der Waals surface area contributed by atoms with Crippen LogP contribution < -0.4 is 3.12 Å². The maximum absolute atomic E-state index is 9.00. The van der Waals surface area contributed by atoms with E-state index in [0.29, 0.717) is 0 Å². The Morgan fingerprint density at radius 3 is 1.55 bits per heavy atom. The zero-order valence-corrected chi connectivity index (χ0v) is 18.4. The van der Waals surface area contributed by atoms with Crippen LogP contribution >= 0.6 is 15.9 Å². The van der Waals surface area contributed by atoms with Gasteiger partial charge in [0.05, 0.1) is 0 Å². The molecular formula is C14H20BrO6Pb. The van der Waals surface area contributed by atoms with E-state index in [9.17, 15) is 0 Å². The van der Waals surface area contributed by atoms with Crippen molar-refractivity contribution < 1.29 is 29.7 Å². The summed E-state index contributed by atoms with van der Waals surface area (Å²) in [4.78, 5) is 27.0. The molecule has 0 atom stereocenters. The molecule has 6 nitrogen and oxygen atoms in total. The Morgan fingerprint density at radius 1 is 1.00 bits per heavy atom. The number of aliphatic carboxylic acids is 3. The van der Waals surface area contributed by atoms with Gasteiger partial charge in [-0.1, -0.05) is 0 Å². The Balaban J connectivity index is -0.000000253. The Bertz CT molecular complexity index is 436. The van der Waals surface area contributed by atoms with Gasteiger partial charge in [0.25, 0.3) is 17.9 Å². The Morgan fingerprint density at radius 2 is 1.32 bits per heavy atom. The first-order valence-electron chi connectivity index (χ1n) is 6.02. The molecule has 123 valence electrons. The van der Waals surface area contributed by atoms with E-state index < -0.39 is 17.9 Å². The maximum atomic E-state index is 9.00. The second-order valence-electron chi connectivity index (χ2n) is 3.71. The molecule has 0 saturated carbocycles. The third kappa shape index (κ3) is 31.4. The summed E-state index contributed by atoms with van der Waals surface area (Å²) in [6, 6.07) is 6.53. The summed E-state index contributed by atoms with van der Waals surface area (Å²) in [6.07, 6.45) is 1.15. The molecule has 0 bridgehead atoms. The number of benzene rings is 1. The molecule has 1 aromatic carbocycles. The fourth-order valence-corrected chi connectivity index (χ4v) is 2.56. The number of carbonyl (C=O) groups is 3. The Labute approximate surface area is 154 Å². The summed E-state index contributed by atoms with van der Waals surface area (Å²) in [6.45, 7) is 5.45. The van der Waals surface area contributed by atoms with E-state index in [0.717, 1.165) is 53.0 Å². The van der Waals surface area contributed by atoms with Gasteiger partial charge in [-0.25, -0.2) is 0 Å². The van der Waals surface area contributed by atoms with Gasteiger partial charge < -0.3 is 15.3 Å². The van der Waals surface area contributed by atoms with Crippen molar-refractivity contribution in [2.24, 2.45) is 0 Å². The predicted molar refractivity (Wildman–Crippen MR) is 88.8 cm³/mol. The molecule has 0 aliphatic rings. The minimum atomic E-state index is -0.833. The van der Waals surface area contributed by atoms with Crippen LogP contribution in [0.25, 0.3) is 0 Å². The average molecular weight is 571 g/mol. The van der Waals surface area contributed by atoms with Crippen molar-refractivity contribution in [3.05, 3.63) is 28.2 Å². The first-order chi connectivity index (χ1) is 9.93. The monoisotopic (exact) mass is 571 g/mol. The van der Waals surface area contributed by atoms with Crippen molar-refractivity contribution in [2.45, 2.75) is 34.1 Å². The van der Waals surface area contributed by atoms with Crippen molar-refractivity contribution in [1.29, 1.82) is 0 Å². The topological polar surface area (TPSA) is 112 Å². The molecule has 0 aliphatic carbocycles. The molecule has 1 aromatic rings. The van der Waals surface area contributed by atoms with E-state index >= 15 is 0 Å². The normalized spacial score (nSPS) is 7.91. The summed E-state index contributed by atoms with van der Waals surface area (Å²) in [5.41, 5.74) is 1.49. The third-order valence-corrected chi connectivity index (χ3v) is 3.84. The van der Waals surface area contributed by atoms with Crippen LogP contribution in [-0.2, 0) is 20.8 Å². The second kappa shape index (κ2) is 16.4. The molecule has 0 spiro atoms. The van der Waals surface area contributed by atoms with E-state index in [2.05, 4.69) is 41.1 Å². The molecule has 0 heterocycles. The fraction of sp³-hybridized carbons (Fsp3) is 0.357. The quantitative estimate of drug-likeness (QED) is 0.446. The van der Waals surface area contributed by atoms with Gasteiger partial charge in [0.1, 0.15) is 0 Å². The SMILES string of the molecule is CC(=O)O.CC(=O)O.CC(=O)O.CCc1cc(Br)cc[c]1[Pb]. The zero-order valence-electron chi connectivity index (χ0n) is 12.9. The van der Waals surface area contributed by atoms with Gasteiger partial charge in [0.15, 0.2) is 0 Å². The van der Waals surface area contributed by atoms with Crippen LogP contribution in [0, 0.1) is 0 Å². The molecule has 0 aliphatic heterocycles. The van der Waals surface area contributed by atoms with Crippen LogP contribution in [0.4, 0.5) is 0 Å². The van der Waals surface area contributed by atoms with E-state index in [1.54, 1.807) is 0 Å². The second-order valence-corrected chi connectivity index (χ2v) is 6.72. The van der Waals surface area contributed by atoms with Crippen molar-refractivity contribution in [3.8, 4) is 0 Å². The predicted octanol–water partition coefficient (Wildman–Crippen LogP) is 2.08. The van der Waals surface area contributed by atoms with E-state index in [-0.39, 0.29) is 0 Å². The number of aryl methyl sites for hydroxylation is 1. The number of carboxylic acids is 3.